The third kappa shape index (κ3) is 8.52. The molecule has 0 aromatic heterocycles. The molecular weight excluding hydrogens is 611 g/mol. The SMILES string of the molecule is CCOc1ccccc1N(CC(=O)N(Cc1ccc(OC)cc1)[C@@H](CC)C(=O)NC1CCCC1)S(=O)(=O)c1ccc(SC)cc1. The fraction of sp³-hybridized carbons (Fsp3) is 0.412. The lowest BCUT2D eigenvalue weighted by Crippen LogP contribution is -2.53. The van der Waals surface area contributed by atoms with Crippen LogP contribution in [0.15, 0.2) is 82.6 Å². The summed E-state index contributed by atoms with van der Waals surface area (Å²) in [6.07, 6.45) is 6.20. The Morgan fingerprint density at radius 1 is 0.978 bits per heavy atom. The molecule has 3 aromatic rings. The lowest BCUT2D eigenvalue weighted by molar-refractivity contribution is -0.140. The van der Waals surface area contributed by atoms with E-state index in [1.54, 1.807) is 67.8 Å². The Labute approximate surface area is 271 Å². The maximum absolute atomic E-state index is 14.4. The summed E-state index contributed by atoms with van der Waals surface area (Å²) >= 11 is 1.50. The molecule has 1 atom stereocenters. The number of carbonyl (C=O) groups is 2. The van der Waals surface area contributed by atoms with Crippen LogP contribution in [0.3, 0.4) is 0 Å². The fourth-order valence-electron chi connectivity index (χ4n) is 5.54. The zero-order valence-corrected chi connectivity index (χ0v) is 28.0. The first-order chi connectivity index (χ1) is 21.7. The molecule has 0 saturated heterocycles. The van der Waals surface area contributed by atoms with Crippen LogP contribution in [-0.4, -0.2) is 63.7 Å². The number of hydrogen-bond donors (Lipinski definition) is 1. The molecule has 0 unspecified atom stereocenters. The van der Waals surface area contributed by atoms with Gasteiger partial charge in [-0.05, 0) is 86.5 Å². The number of carbonyl (C=O) groups excluding carboxylic acids is 2. The van der Waals surface area contributed by atoms with E-state index in [9.17, 15) is 18.0 Å². The zero-order chi connectivity index (χ0) is 32.4. The third-order valence-electron chi connectivity index (χ3n) is 7.96. The van der Waals surface area contributed by atoms with E-state index >= 15 is 0 Å². The monoisotopic (exact) mass is 653 g/mol. The van der Waals surface area contributed by atoms with Crippen molar-refractivity contribution in [3.8, 4) is 11.5 Å². The second kappa shape index (κ2) is 16.0. The van der Waals surface area contributed by atoms with E-state index in [2.05, 4.69) is 5.32 Å². The molecule has 45 heavy (non-hydrogen) atoms. The molecule has 1 fully saturated rings. The van der Waals surface area contributed by atoms with Crippen molar-refractivity contribution >= 4 is 39.3 Å². The van der Waals surface area contributed by atoms with E-state index in [4.69, 9.17) is 9.47 Å². The molecule has 4 rings (SSSR count). The van der Waals surface area contributed by atoms with E-state index in [1.807, 2.05) is 32.2 Å². The van der Waals surface area contributed by atoms with Crippen LogP contribution in [0.1, 0.15) is 51.5 Å². The minimum atomic E-state index is -4.22. The van der Waals surface area contributed by atoms with Crippen molar-refractivity contribution in [2.45, 2.75) is 74.4 Å². The van der Waals surface area contributed by atoms with Crippen LogP contribution in [0, 0.1) is 0 Å². The smallest absolute Gasteiger partial charge is 0.264 e. The number of hydrogen-bond acceptors (Lipinski definition) is 7. The number of para-hydroxylation sites is 2. The second-order valence-electron chi connectivity index (χ2n) is 10.9. The standard InChI is InChI=1S/C34H43N3O6S2/c1-5-30(34(39)35-26-11-7-8-12-26)36(23-25-15-17-27(42-3)18-16-25)33(38)24-37(31-13-9-10-14-32(31)43-6-2)45(40,41)29-21-19-28(44-4)20-22-29/h9-10,13-22,26,30H,5-8,11-12,23-24H2,1-4H3,(H,35,39)/t30-/m0/s1. The molecule has 9 nitrogen and oxygen atoms in total. The first-order valence-electron chi connectivity index (χ1n) is 15.3. The summed E-state index contributed by atoms with van der Waals surface area (Å²) in [7, 11) is -2.64. The van der Waals surface area contributed by atoms with Gasteiger partial charge in [0.25, 0.3) is 10.0 Å². The van der Waals surface area contributed by atoms with Crippen LogP contribution in [0.4, 0.5) is 5.69 Å². The Hall–Kier alpha value is -3.70. The largest absolute Gasteiger partial charge is 0.497 e. The van der Waals surface area contributed by atoms with Gasteiger partial charge in [0.15, 0.2) is 0 Å². The van der Waals surface area contributed by atoms with Gasteiger partial charge in [0, 0.05) is 17.5 Å². The summed E-state index contributed by atoms with van der Waals surface area (Å²) < 4.78 is 40.8. The molecule has 1 saturated carbocycles. The maximum atomic E-state index is 14.4. The molecule has 1 N–H and O–H groups in total. The van der Waals surface area contributed by atoms with Gasteiger partial charge in [0.1, 0.15) is 24.1 Å². The minimum Gasteiger partial charge on any atom is -0.497 e. The number of methoxy groups -OCH3 is 1. The quantitative estimate of drug-likeness (QED) is 0.204. The van der Waals surface area contributed by atoms with E-state index < -0.39 is 28.5 Å². The number of rotatable bonds is 15. The van der Waals surface area contributed by atoms with Gasteiger partial charge in [-0.2, -0.15) is 0 Å². The van der Waals surface area contributed by atoms with Crippen LogP contribution in [0.2, 0.25) is 0 Å². The average molecular weight is 654 g/mol. The highest BCUT2D eigenvalue weighted by atomic mass is 32.2. The van der Waals surface area contributed by atoms with Crippen LogP contribution < -0.4 is 19.1 Å². The molecule has 0 bridgehead atoms. The molecule has 0 radical (unpaired) electrons. The topological polar surface area (TPSA) is 105 Å². The van der Waals surface area contributed by atoms with Gasteiger partial charge in [-0.3, -0.25) is 13.9 Å². The molecule has 2 amide bonds. The first-order valence-corrected chi connectivity index (χ1v) is 18.0. The van der Waals surface area contributed by atoms with Crippen LogP contribution in [-0.2, 0) is 26.2 Å². The highest BCUT2D eigenvalue weighted by molar-refractivity contribution is 7.98. The van der Waals surface area contributed by atoms with Crippen LogP contribution in [0.25, 0.3) is 0 Å². The number of nitrogens with zero attached hydrogens (tertiary/aromatic N) is 2. The van der Waals surface area contributed by atoms with Gasteiger partial charge in [0.2, 0.25) is 11.8 Å². The summed E-state index contributed by atoms with van der Waals surface area (Å²) in [5.41, 5.74) is 1.03. The van der Waals surface area contributed by atoms with Gasteiger partial charge in [-0.1, -0.05) is 44.0 Å². The molecular formula is C34H43N3O6S2. The number of anilines is 1. The summed E-state index contributed by atoms with van der Waals surface area (Å²) in [6.45, 7) is 3.57. The predicted molar refractivity (Wildman–Crippen MR) is 178 cm³/mol. The fourth-order valence-corrected chi connectivity index (χ4v) is 7.38. The van der Waals surface area contributed by atoms with Gasteiger partial charge < -0.3 is 19.7 Å². The van der Waals surface area contributed by atoms with Crippen LogP contribution in [0.5, 0.6) is 11.5 Å². The highest BCUT2D eigenvalue weighted by Gasteiger charge is 2.35. The lowest BCUT2D eigenvalue weighted by Gasteiger charge is -2.34. The normalized spacial score (nSPS) is 14.0. The molecule has 11 heteroatoms. The number of benzene rings is 3. The third-order valence-corrected chi connectivity index (χ3v) is 10.5. The van der Waals surface area contributed by atoms with Gasteiger partial charge in [-0.15, -0.1) is 11.8 Å². The van der Waals surface area contributed by atoms with Crippen molar-refractivity contribution in [3.05, 3.63) is 78.4 Å². The Morgan fingerprint density at radius 2 is 1.64 bits per heavy atom. The second-order valence-corrected chi connectivity index (χ2v) is 13.6. The Kier molecular flexibility index (Phi) is 12.2. The Bertz CT molecular complexity index is 1520. The van der Waals surface area contributed by atoms with Crippen molar-refractivity contribution in [2.24, 2.45) is 0 Å². The average Bonchev–Trinajstić information content (AvgIpc) is 3.57. The van der Waals surface area contributed by atoms with E-state index in [0.29, 0.717) is 24.5 Å². The van der Waals surface area contributed by atoms with Crippen molar-refractivity contribution < 1.29 is 27.5 Å². The Balaban J connectivity index is 1.75. The maximum Gasteiger partial charge on any atom is 0.264 e. The van der Waals surface area contributed by atoms with E-state index in [0.717, 1.165) is 40.4 Å². The molecule has 0 spiro atoms. The molecule has 242 valence electrons. The molecule has 1 aliphatic rings. The van der Waals surface area contributed by atoms with Crippen molar-refractivity contribution in [1.29, 1.82) is 0 Å². The number of thioether (sulfide) groups is 1. The predicted octanol–water partition coefficient (Wildman–Crippen LogP) is 5.88. The van der Waals surface area contributed by atoms with Crippen molar-refractivity contribution in [3.63, 3.8) is 0 Å². The number of nitrogens with one attached hydrogen (secondary N) is 1. The summed E-state index contributed by atoms with van der Waals surface area (Å²) in [6, 6.07) is 19.9. The number of amides is 2. The molecule has 1 aliphatic carbocycles. The van der Waals surface area contributed by atoms with Crippen molar-refractivity contribution in [2.75, 3.05) is 30.8 Å². The lowest BCUT2D eigenvalue weighted by atomic mass is 10.1. The van der Waals surface area contributed by atoms with Gasteiger partial charge in [-0.25, -0.2) is 8.42 Å². The van der Waals surface area contributed by atoms with Crippen LogP contribution >= 0.6 is 11.8 Å². The van der Waals surface area contributed by atoms with E-state index in [-0.39, 0.29) is 29.1 Å². The number of ether oxygens (including phenoxy) is 2. The minimum absolute atomic E-state index is 0.0483. The molecule has 0 aliphatic heterocycles. The Morgan fingerprint density at radius 3 is 2.24 bits per heavy atom. The molecule has 3 aromatic carbocycles. The van der Waals surface area contributed by atoms with Gasteiger partial charge in [0.05, 0.1) is 24.3 Å². The van der Waals surface area contributed by atoms with E-state index in [1.165, 1.54) is 16.7 Å². The first kappa shape index (κ1) is 34.2. The van der Waals surface area contributed by atoms with Crippen molar-refractivity contribution in [1.82, 2.24) is 10.2 Å². The summed E-state index contributed by atoms with van der Waals surface area (Å²) in [4.78, 5) is 30.5. The molecule has 0 heterocycles. The summed E-state index contributed by atoms with van der Waals surface area (Å²) in [5, 5.41) is 3.14. The summed E-state index contributed by atoms with van der Waals surface area (Å²) in [5.74, 6) is 0.266. The zero-order valence-electron chi connectivity index (χ0n) is 26.4. The highest BCUT2D eigenvalue weighted by Crippen LogP contribution is 2.33. The van der Waals surface area contributed by atoms with Gasteiger partial charge >= 0.3 is 0 Å². The number of sulfonamides is 1.